The van der Waals surface area contributed by atoms with Gasteiger partial charge in [0.25, 0.3) is 0 Å². The number of ether oxygens (including phenoxy) is 4. The Bertz CT molecular complexity index is 668. The molecule has 1 aromatic rings. The van der Waals surface area contributed by atoms with E-state index >= 15 is 0 Å². The van der Waals surface area contributed by atoms with E-state index in [1.807, 2.05) is 0 Å². The number of benzene rings is 1. The molecular formula is C19H24O7. The highest BCUT2D eigenvalue weighted by atomic mass is 16.5. The molecule has 0 N–H and O–H groups in total. The van der Waals surface area contributed by atoms with Gasteiger partial charge in [0.1, 0.15) is 17.1 Å². The standard InChI is InChI=1S/C19H24O7/c1-12(20)25-8-7-15-10-14(21)11-16(26-15)9-13-5-4-6-17(23-2)18(13)19(22)24-3/h4-6,15-16H,7-11H2,1-3H3/t15-,16+/m0/s1. The molecule has 0 aromatic heterocycles. The Morgan fingerprint density at radius 3 is 2.58 bits per heavy atom. The first-order valence-electron chi connectivity index (χ1n) is 8.49. The first-order valence-corrected chi connectivity index (χ1v) is 8.49. The summed E-state index contributed by atoms with van der Waals surface area (Å²) in [7, 11) is 2.79. The van der Waals surface area contributed by atoms with Crippen LogP contribution in [0.1, 0.15) is 42.1 Å². The summed E-state index contributed by atoms with van der Waals surface area (Å²) in [6.07, 6.45) is 0.782. The first kappa shape index (κ1) is 19.9. The Hall–Kier alpha value is -2.41. The van der Waals surface area contributed by atoms with Gasteiger partial charge in [0.2, 0.25) is 0 Å². The lowest BCUT2D eigenvalue weighted by atomic mass is 9.94. The maximum Gasteiger partial charge on any atom is 0.341 e. The molecule has 26 heavy (non-hydrogen) atoms. The molecule has 7 heteroatoms. The largest absolute Gasteiger partial charge is 0.496 e. The molecule has 7 nitrogen and oxygen atoms in total. The van der Waals surface area contributed by atoms with E-state index in [0.717, 1.165) is 0 Å². The second kappa shape index (κ2) is 9.33. The monoisotopic (exact) mass is 364 g/mol. The van der Waals surface area contributed by atoms with Crippen LogP contribution in [0, 0.1) is 0 Å². The van der Waals surface area contributed by atoms with Crippen molar-refractivity contribution in [2.24, 2.45) is 0 Å². The molecule has 0 aliphatic carbocycles. The van der Waals surface area contributed by atoms with Crippen molar-refractivity contribution in [1.29, 1.82) is 0 Å². The molecule has 142 valence electrons. The maximum atomic E-state index is 12.1. The van der Waals surface area contributed by atoms with Crippen molar-refractivity contribution in [3.63, 3.8) is 0 Å². The Morgan fingerprint density at radius 2 is 1.92 bits per heavy atom. The van der Waals surface area contributed by atoms with Crippen LogP contribution in [0.5, 0.6) is 5.75 Å². The second-order valence-corrected chi connectivity index (χ2v) is 6.15. The number of methoxy groups -OCH3 is 2. The highest BCUT2D eigenvalue weighted by Gasteiger charge is 2.30. The van der Waals surface area contributed by atoms with E-state index in [2.05, 4.69) is 0 Å². The van der Waals surface area contributed by atoms with Crippen molar-refractivity contribution < 1.29 is 33.3 Å². The summed E-state index contributed by atoms with van der Waals surface area (Å²) in [5.41, 5.74) is 1.05. The number of Topliss-reactive ketones (excluding diaryl/α,β-unsaturated/α-hetero) is 1. The summed E-state index contributed by atoms with van der Waals surface area (Å²) in [6.45, 7) is 1.55. The molecule has 1 aliphatic heterocycles. The van der Waals surface area contributed by atoms with Crippen LogP contribution >= 0.6 is 0 Å². The quantitative estimate of drug-likeness (QED) is 0.685. The zero-order valence-corrected chi connectivity index (χ0v) is 15.3. The smallest absolute Gasteiger partial charge is 0.341 e. The lowest BCUT2D eigenvalue weighted by molar-refractivity contribution is -0.144. The van der Waals surface area contributed by atoms with Gasteiger partial charge in [-0.15, -0.1) is 0 Å². The van der Waals surface area contributed by atoms with Gasteiger partial charge in [-0.2, -0.15) is 0 Å². The molecule has 2 rings (SSSR count). The molecule has 0 unspecified atom stereocenters. The van der Waals surface area contributed by atoms with Gasteiger partial charge in [-0.3, -0.25) is 9.59 Å². The van der Waals surface area contributed by atoms with Gasteiger partial charge >= 0.3 is 11.9 Å². The Labute approximate surface area is 152 Å². The van der Waals surface area contributed by atoms with E-state index in [1.54, 1.807) is 18.2 Å². The number of rotatable bonds is 7. The summed E-state index contributed by atoms with van der Waals surface area (Å²) < 4.78 is 21.0. The summed E-state index contributed by atoms with van der Waals surface area (Å²) in [5, 5.41) is 0. The second-order valence-electron chi connectivity index (χ2n) is 6.15. The number of hydrogen-bond acceptors (Lipinski definition) is 7. The molecule has 0 bridgehead atoms. The van der Waals surface area contributed by atoms with E-state index in [9.17, 15) is 14.4 Å². The zero-order valence-electron chi connectivity index (χ0n) is 15.3. The van der Waals surface area contributed by atoms with E-state index in [4.69, 9.17) is 18.9 Å². The molecule has 1 heterocycles. The lowest BCUT2D eigenvalue weighted by Gasteiger charge is -2.29. The number of ketones is 1. The number of hydrogen-bond donors (Lipinski definition) is 0. The minimum absolute atomic E-state index is 0.0941. The van der Waals surface area contributed by atoms with E-state index < -0.39 is 5.97 Å². The van der Waals surface area contributed by atoms with Crippen molar-refractivity contribution in [3.05, 3.63) is 29.3 Å². The Kier molecular flexibility index (Phi) is 7.15. The van der Waals surface area contributed by atoms with Crippen LogP contribution < -0.4 is 4.74 Å². The topological polar surface area (TPSA) is 88.1 Å². The van der Waals surface area contributed by atoms with Crippen molar-refractivity contribution in [2.75, 3.05) is 20.8 Å². The van der Waals surface area contributed by atoms with E-state index in [1.165, 1.54) is 21.1 Å². The number of carbonyl (C=O) groups excluding carboxylic acids is 3. The summed E-state index contributed by atoms with van der Waals surface area (Å²) in [4.78, 5) is 35.1. The Balaban J connectivity index is 2.10. The molecule has 0 saturated carbocycles. The van der Waals surface area contributed by atoms with Crippen molar-refractivity contribution in [2.45, 2.75) is 44.8 Å². The van der Waals surface area contributed by atoms with Gasteiger partial charge in [-0.05, 0) is 11.6 Å². The molecule has 1 fully saturated rings. The molecule has 1 saturated heterocycles. The van der Waals surface area contributed by atoms with Crippen molar-refractivity contribution >= 4 is 17.7 Å². The van der Waals surface area contributed by atoms with Crippen LogP contribution in [0.4, 0.5) is 0 Å². The fourth-order valence-corrected chi connectivity index (χ4v) is 3.08. The van der Waals surface area contributed by atoms with Crippen molar-refractivity contribution in [1.82, 2.24) is 0 Å². The SMILES string of the molecule is COC(=O)c1c(C[C@@H]2CC(=O)C[C@H](CCOC(C)=O)O2)cccc1OC. The first-order chi connectivity index (χ1) is 12.4. The third-order valence-electron chi connectivity index (χ3n) is 4.21. The minimum Gasteiger partial charge on any atom is -0.496 e. The van der Waals surface area contributed by atoms with Crippen LogP contribution in [0.25, 0.3) is 0 Å². The molecule has 1 aliphatic rings. The van der Waals surface area contributed by atoms with Crippen LogP contribution in [0.3, 0.4) is 0 Å². The Morgan fingerprint density at radius 1 is 1.19 bits per heavy atom. The summed E-state index contributed by atoms with van der Waals surface area (Å²) in [6, 6.07) is 5.26. The fraction of sp³-hybridized carbons (Fsp3) is 0.526. The highest BCUT2D eigenvalue weighted by Crippen LogP contribution is 2.28. The lowest BCUT2D eigenvalue weighted by Crippen LogP contribution is -2.35. The molecule has 1 aromatic carbocycles. The van der Waals surface area contributed by atoms with Crippen molar-refractivity contribution in [3.8, 4) is 5.75 Å². The van der Waals surface area contributed by atoms with Gasteiger partial charge < -0.3 is 18.9 Å². The third-order valence-corrected chi connectivity index (χ3v) is 4.21. The average Bonchev–Trinajstić information content (AvgIpc) is 2.60. The van der Waals surface area contributed by atoms with E-state index in [0.29, 0.717) is 36.1 Å². The van der Waals surface area contributed by atoms with E-state index in [-0.39, 0.29) is 37.0 Å². The molecule has 0 amide bonds. The molecule has 0 spiro atoms. The van der Waals surface area contributed by atoms with Crippen LogP contribution in [0.2, 0.25) is 0 Å². The molecule has 0 radical (unpaired) electrons. The maximum absolute atomic E-state index is 12.1. The van der Waals surface area contributed by atoms with Gasteiger partial charge in [0.15, 0.2) is 0 Å². The third kappa shape index (κ3) is 5.29. The average molecular weight is 364 g/mol. The summed E-state index contributed by atoms with van der Waals surface area (Å²) in [5.74, 6) is -0.340. The van der Waals surface area contributed by atoms with Gasteiger partial charge in [0, 0.05) is 32.6 Å². The zero-order chi connectivity index (χ0) is 19.1. The minimum atomic E-state index is -0.494. The normalized spacial score (nSPS) is 19.7. The van der Waals surface area contributed by atoms with Gasteiger partial charge in [-0.1, -0.05) is 12.1 Å². The fourth-order valence-electron chi connectivity index (χ4n) is 3.08. The van der Waals surface area contributed by atoms with Crippen LogP contribution in [-0.4, -0.2) is 50.8 Å². The van der Waals surface area contributed by atoms with Gasteiger partial charge in [-0.25, -0.2) is 4.79 Å². The van der Waals surface area contributed by atoms with Crippen LogP contribution in [0.15, 0.2) is 18.2 Å². The number of esters is 2. The predicted octanol–water partition coefficient (Wildman–Crippen LogP) is 2.09. The highest BCUT2D eigenvalue weighted by molar-refractivity contribution is 5.94. The van der Waals surface area contributed by atoms with Crippen LogP contribution in [-0.2, 0) is 30.2 Å². The summed E-state index contributed by atoms with van der Waals surface area (Å²) >= 11 is 0. The van der Waals surface area contributed by atoms with Gasteiger partial charge in [0.05, 0.1) is 33.0 Å². The predicted molar refractivity (Wildman–Crippen MR) is 92.2 cm³/mol. The molecule has 2 atom stereocenters. The number of carbonyl (C=O) groups is 3. The molecular weight excluding hydrogens is 340 g/mol.